The number of para-hydroxylation sites is 1. The molecule has 1 aromatic heterocycles. The Balaban J connectivity index is 1.69. The Bertz CT molecular complexity index is 1080. The molecule has 30 heavy (non-hydrogen) atoms. The molecule has 1 aliphatic heterocycles. The van der Waals surface area contributed by atoms with Crippen LogP contribution in [0.3, 0.4) is 0 Å². The van der Waals surface area contributed by atoms with Crippen LogP contribution in [0.1, 0.15) is 19.8 Å². The van der Waals surface area contributed by atoms with Gasteiger partial charge in [0.2, 0.25) is 5.82 Å². The lowest BCUT2D eigenvalue weighted by Gasteiger charge is -2.36. The van der Waals surface area contributed by atoms with Crippen molar-refractivity contribution < 1.29 is 18.6 Å². The summed E-state index contributed by atoms with van der Waals surface area (Å²) in [6.45, 7) is 2.21. The molecule has 2 heterocycles. The van der Waals surface area contributed by atoms with E-state index in [9.17, 15) is 14.5 Å². The van der Waals surface area contributed by atoms with Crippen LogP contribution in [0.2, 0.25) is 0 Å². The highest BCUT2D eigenvalue weighted by atomic mass is 19.1. The van der Waals surface area contributed by atoms with Gasteiger partial charge in [0.1, 0.15) is 17.1 Å². The smallest absolute Gasteiger partial charge is 0.293 e. The number of piperidine rings is 1. The van der Waals surface area contributed by atoms with Crippen molar-refractivity contribution in [3.05, 3.63) is 52.6 Å². The minimum atomic E-state index is -1.37. The van der Waals surface area contributed by atoms with Crippen molar-refractivity contribution in [3.8, 4) is 28.6 Å². The minimum Gasteiger partial charge on any atom is -0.496 e. The number of hydrogen-bond donors (Lipinski definition) is 0. The number of aromatic nitrogens is 2. The molecular weight excluding hydrogens is 391 g/mol. The summed E-state index contributed by atoms with van der Waals surface area (Å²) in [6.07, 6.45) is 1.08. The van der Waals surface area contributed by atoms with E-state index in [1.54, 1.807) is 36.3 Å². The fourth-order valence-electron chi connectivity index (χ4n) is 3.75. The Morgan fingerprint density at radius 3 is 2.83 bits per heavy atom. The van der Waals surface area contributed by atoms with Gasteiger partial charge in [-0.1, -0.05) is 17.3 Å². The molecule has 0 radical (unpaired) electrons. The molecule has 0 amide bonds. The van der Waals surface area contributed by atoms with Crippen LogP contribution in [0.15, 0.2) is 47.0 Å². The largest absolute Gasteiger partial charge is 0.496 e. The third-order valence-corrected chi connectivity index (χ3v) is 5.18. The number of nitro groups is 1. The lowest BCUT2D eigenvalue weighted by Crippen LogP contribution is -2.43. The van der Waals surface area contributed by atoms with Crippen LogP contribution in [0.25, 0.3) is 22.8 Å². The molecule has 156 valence electrons. The molecule has 3 aromatic rings. The minimum absolute atomic E-state index is 0.117. The van der Waals surface area contributed by atoms with Gasteiger partial charge >= 0.3 is 0 Å². The maximum Gasteiger partial charge on any atom is 0.293 e. The Labute approximate surface area is 172 Å². The van der Waals surface area contributed by atoms with Crippen molar-refractivity contribution in [1.29, 1.82) is 0 Å². The molecule has 1 aliphatic rings. The third-order valence-electron chi connectivity index (χ3n) is 5.18. The van der Waals surface area contributed by atoms with Gasteiger partial charge in [-0.05, 0) is 44.0 Å². The zero-order valence-corrected chi connectivity index (χ0v) is 16.7. The third kappa shape index (κ3) is 3.83. The Kier molecular flexibility index (Phi) is 5.11. The SMILES string of the molecule is COc1ccccc1-c1noc(-c2ccc(N3CCCC(C)(F)C3)c([N+](=O)[O-])c2)n1. The first-order valence-corrected chi connectivity index (χ1v) is 9.58. The number of alkyl halides is 1. The van der Waals surface area contributed by atoms with E-state index in [-0.39, 0.29) is 18.1 Å². The molecular formula is C21H21FN4O4. The first-order chi connectivity index (χ1) is 14.4. The highest BCUT2D eigenvalue weighted by Gasteiger charge is 2.33. The number of nitrogens with zero attached hydrogens (tertiary/aromatic N) is 4. The van der Waals surface area contributed by atoms with Crippen molar-refractivity contribution in [3.63, 3.8) is 0 Å². The van der Waals surface area contributed by atoms with Crippen molar-refractivity contribution in [2.75, 3.05) is 25.1 Å². The van der Waals surface area contributed by atoms with Gasteiger partial charge in [-0.3, -0.25) is 10.1 Å². The van der Waals surface area contributed by atoms with Gasteiger partial charge in [-0.15, -0.1) is 0 Å². The molecule has 1 fully saturated rings. The van der Waals surface area contributed by atoms with Crippen LogP contribution < -0.4 is 9.64 Å². The van der Waals surface area contributed by atoms with Crippen LogP contribution >= 0.6 is 0 Å². The number of hydrogen-bond acceptors (Lipinski definition) is 7. The van der Waals surface area contributed by atoms with Crippen LogP contribution in [0.4, 0.5) is 15.8 Å². The topological polar surface area (TPSA) is 94.5 Å². The summed E-state index contributed by atoms with van der Waals surface area (Å²) in [4.78, 5) is 17.3. The lowest BCUT2D eigenvalue weighted by molar-refractivity contribution is -0.384. The second-order valence-corrected chi connectivity index (χ2v) is 7.52. The molecule has 0 saturated carbocycles. The number of anilines is 1. The predicted octanol–water partition coefficient (Wildman–Crippen LogP) is 4.65. The molecule has 0 bridgehead atoms. The quantitative estimate of drug-likeness (QED) is 0.445. The van der Waals surface area contributed by atoms with Crippen molar-refractivity contribution in [1.82, 2.24) is 10.1 Å². The second-order valence-electron chi connectivity index (χ2n) is 7.52. The van der Waals surface area contributed by atoms with E-state index >= 15 is 0 Å². The zero-order valence-electron chi connectivity index (χ0n) is 16.7. The van der Waals surface area contributed by atoms with E-state index in [1.807, 2.05) is 12.1 Å². The van der Waals surface area contributed by atoms with E-state index in [2.05, 4.69) is 10.1 Å². The Morgan fingerprint density at radius 2 is 2.10 bits per heavy atom. The van der Waals surface area contributed by atoms with Crippen molar-refractivity contribution in [2.24, 2.45) is 0 Å². The highest BCUT2D eigenvalue weighted by molar-refractivity contribution is 5.72. The average molecular weight is 412 g/mol. The number of nitro benzene ring substituents is 1. The van der Waals surface area contributed by atoms with Gasteiger partial charge in [0.25, 0.3) is 11.6 Å². The summed E-state index contributed by atoms with van der Waals surface area (Å²) in [5.41, 5.74) is -0.0456. The van der Waals surface area contributed by atoms with Crippen LogP contribution in [-0.2, 0) is 0 Å². The van der Waals surface area contributed by atoms with Gasteiger partial charge in [0, 0.05) is 18.2 Å². The average Bonchev–Trinajstić information content (AvgIpc) is 3.22. The van der Waals surface area contributed by atoms with Gasteiger partial charge < -0.3 is 14.2 Å². The monoisotopic (exact) mass is 412 g/mol. The van der Waals surface area contributed by atoms with E-state index in [0.29, 0.717) is 47.8 Å². The molecule has 0 N–H and O–H groups in total. The molecule has 1 unspecified atom stereocenters. The second kappa shape index (κ2) is 7.74. The van der Waals surface area contributed by atoms with E-state index in [4.69, 9.17) is 9.26 Å². The fourth-order valence-corrected chi connectivity index (χ4v) is 3.75. The number of ether oxygens (including phenoxy) is 1. The standard InChI is InChI=1S/C21H21FN4O4/c1-21(22)10-5-11-25(13-21)16-9-8-14(12-17(16)26(27)28)20-23-19(24-30-20)15-6-3-4-7-18(15)29-2/h3-4,6-9,12H,5,10-11,13H2,1-2H3. The fraction of sp³-hybridized carbons (Fsp3) is 0.333. The Morgan fingerprint density at radius 1 is 1.30 bits per heavy atom. The molecule has 9 heteroatoms. The van der Waals surface area contributed by atoms with Crippen molar-refractivity contribution in [2.45, 2.75) is 25.4 Å². The molecule has 1 atom stereocenters. The lowest BCUT2D eigenvalue weighted by atomic mass is 9.96. The number of benzene rings is 2. The van der Waals surface area contributed by atoms with E-state index in [1.165, 1.54) is 13.0 Å². The molecule has 1 saturated heterocycles. The summed E-state index contributed by atoms with van der Waals surface area (Å²) in [5.74, 6) is 1.06. The molecule has 2 aromatic carbocycles. The van der Waals surface area contributed by atoms with Gasteiger partial charge in [0.05, 0.1) is 24.1 Å². The molecule has 8 nitrogen and oxygen atoms in total. The van der Waals surface area contributed by atoms with E-state index in [0.717, 1.165) is 0 Å². The van der Waals surface area contributed by atoms with Crippen molar-refractivity contribution >= 4 is 11.4 Å². The molecule has 0 aliphatic carbocycles. The predicted molar refractivity (Wildman–Crippen MR) is 109 cm³/mol. The van der Waals surface area contributed by atoms with Gasteiger partial charge in [-0.2, -0.15) is 4.98 Å². The summed E-state index contributed by atoms with van der Waals surface area (Å²) in [5, 5.41) is 15.7. The van der Waals surface area contributed by atoms with E-state index < -0.39 is 10.6 Å². The summed E-state index contributed by atoms with van der Waals surface area (Å²) >= 11 is 0. The maximum atomic E-state index is 14.5. The van der Waals surface area contributed by atoms with Crippen LogP contribution in [0.5, 0.6) is 5.75 Å². The summed E-state index contributed by atoms with van der Waals surface area (Å²) in [7, 11) is 1.55. The molecule has 0 spiro atoms. The highest BCUT2D eigenvalue weighted by Crippen LogP contribution is 2.37. The number of rotatable bonds is 5. The first kappa shape index (κ1) is 19.8. The summed E-state index contributed by atoms with van der Waals surface area (Å²) in [6, 6.07) is 11.9. The zero-order chi connectivity index (χ0) is 21.3. The van der Waals surface area contributed by atoms with Crippen LogP contribution in [-0.4, -0.2) is 40.9 Å². The normalized spacial score (nSPS) is 19.0. The maximum absolute atomic E-state index is 14.5. The van der Waals surface area contributed by atoms with Gasteiger partial charge in [-0.25, -0.2) is 4.39 Å². The first-order valence-electron chi connectivity index (χ1n) is 9.58. The number of methoxy groups -OCH3 is 1. The number of halogens is 1. The van der Waals surface area contributed by atoms with Crippen LogP contribution in [0, 0.1) is 10.1 Å². The Hall–Kier alpha value is -3.49. The van der Waals surface area contributed by atoms with Gasteiger partial charge in [0.15, 0.2) is 0 Å². The molecule has 4 rings (SSSR count). The summed E-state index contributed by atoms with van der Waals surface area (Å²) < 4.78 is 25.1.